The molecule has 14 heavy (non-hydrogen) atoms. The Kier molecular flexibility index (Phi) is 3.64. The molecule has 0 aliphatic rings. The molecule has 1 rings (SSSR count). The van der Waals surface area contributed by atoms with Crippen LogP contribution >= 0.6 is 11.9 Å². The number of anilines is 2. The van der Waals surface area contributed by atoms with Crippen LogP contribution in [0, 0.1) is 0 Å². The zero-order chi connectivity index (χ0) is 10.6. The van der Waals surface area contributed by atoms with Gasteiger partial charge >= 0.3 is 5.97 Å². The molecule has 0 bridgehead atoms. The van der Waals surface area contributed by atoms with E-state index in [2.05, 4.69) is 9.46 Å². The molecule has 1 aromatic rings. The Morgan fingerprint density at radius 3 is 2.79 bits per heavy atom. The van der Waals surface area contributed by atoms with Gasteiger partial charge in [-0.25, -0.2) is 4.79 Å². The lowest BCUT2D eigenvalue weighted by Crippen LogP contribution is -2.03. The van der Waals surface area contributed by atoms with E-state index >= 15 is 0 Å². The highest BCUT2D eigenvalue weighted by atomic mass is 32.2. The van der Waals surface area contributed by atoms with Crippen molar-refractivity contribution in [3.63, 3.8) is 0 Å². The molecule has 76 valence electrons. The van der Waals surface area contributed by atoms with Gasteiger partial charge in [-0.05, 0) is 18.2 Å². The Morgan fingerprint density at radius 1 is 1.50 bits per heavy atom. The molecular weight excluding hydrogens is 200 g/mol. The number of hydrogen-bond acceptors (Lipinski definition) is 5. The summed E-state index contributed by atoms with van der Waals surface area (Å²) < 4.78 is 7.59. The topological polar surface area (TPSA) is 64.3 Å². The van der Waals surface area contributed by atoms with Crippen LogP contribution in [-0.4, -0.2) is 19.3 Å². The molecule has 0 aliphatic carbocycles. The number of rotatable bonds is 3. The number of nitrogens with one attached hydrogen (secondary N) is 1. The summed E-state index contributed by atoms with van der Waals surface area (Å²) >= 11 is 1.43. The van der Waals surface area contributed by atoms with Crippen LogP contribution in [-0.2, 0) is 4.74 Å². The van der Waals surface area contributed by atoms with Crippen molar-refractivity contribution in [1.29, 1.82) is 0 Å². The maximum atomic E-state index is 11.2. The molecule has 0 heterocycles. The van der Waals surface area contributed by atoms with E-state index in [1.54, 1.807) is 18.2 Å². The van der Waals surface area contributed by atoms with Crippen molar-refractivity contribution in [3.8, 4) is 0 Å². The van der Waals surface area contributed by atoms with E-state index in [0.717, 1.165) is 5.69 Å². The molecule has 0 radical (unpaired) electrons. The molecule has 0 atom stereocenters. The molecule has 0 amide bonds. The third-order valence-electron chi connectivity index (χ3n) is 1.60. The van der Waals surface area contributed by atoms with Gasteiger partial charge in [0.25, 0.3) is 0 Å². The monoisotopic (exact) mass is 212 g/mol. The van der Waals surface area contributed by atoms with E-state index in [1.165, 1.54) is 19.1 Å². The summed E-state index contributed by atoms with van der Waals surface area (Å²) in [5, 5.41) is 0. The SMILES string of the molecule is COC(=O)c1cc(N)cc(NSC)c1. The normalized spacial score (nSPS) is 9.57. The predicted molar refractivity (Wildman–Crippen MR) is 59.3 cm³/mol. The number of carbonyl (C=O) groups is 1. The van der Waals surface area contributed by atoms with E-state index in [1.807, 2.05) is 6.26 Å². The highest BCUT2D eigenvalue weighted by Gasteiger charge is 2.07. The lowest BCUT2D eigenvalue weighted by atomic mass is 10.2. The third-order valence-corrected chi connectivity index (χ3v) is 2.04. The van der Waals surface area contributed by atoms with Gasteiger partial charge in [0.05, 0.1) is 12.7 Å². The fourth-order valence-corrected chi connectivity index (χ4v) is 1.42. The number of carbonyl (C=O) groups excluding carboxylic acids is 1. The molecule has 0 fully saturated rings. The average Bonchev–Trinajstić information content (AvgIpc) is 2.16. The van der Waals surface area contributed by atoms with Gasteiger partial charge in [-0.15, -0.1) is 0 Å². The van der Waals surface area contributed by atoms with Crippen molar-refractivity contribution < 1.29 is 9.53 Å². The molecule has 0 spiro atoms. The maximum Gasteiger partial charge on any atom is 0.337 e. The minimum atomic E-state index is -0.388. The van der Waals surface area contributed by atoms with Gasteiger partial charge in [0.1, 0.15) is 0 Å². The summed E-state index contributed by atoms with van der Waals surface area (Å²) in [5.74, 6) is -0.388. The Balaban J connectivity index is 3.00. The fraction of sp³-hybridized carbons (Fsp3) is 0.222. The summed E-state index contributed by atoms with van der Waals surface area (Å²) in [5.41, 5.74) is 7.39. The highest BCUT2D eigenvalue weighted by molar-refractivity contribution is 7.99. The Hall–Kier alpha value is -1.36. The van der Waals surface area contributed by atoms with Crippen LogP contribution in [0.5, 0.6) is 0 Å². The van der Waals surface area contributed by atoms with Crippen molar-refractivity contribution in [2.45, 2.75) is 0 Å². The number of nitrogens with two attached hydrogens (primary N) is 1. The quantitative estimate of drug-likeness (QED) is 0.454. The van der Waals surface area contributed by atoms with Crippen LogP contribution in [0.4, 0.5) is 11.4 Å². The van der Waals surface area contributed by atoms with Crippen molar-refractivity contribution in [2.24, 2.45) is 0 Å². The van der Waals surface area contributed by atoms with Gasteiger partial charge in [-0.3, -0.25) is 0 Å². The van der Waals surface area contributed by atoms with Crippen LogP contribution in [0.1, 0.15) is 10.4 Å². The summed E-state index contributed by atoms with van der Waals surface area (Å²) in [4.78, 5) is 11.2. The zero-order valence-electron chi connectivity index (χ0n) is 8.03. The summed E-state index contributed by atoms with van der Waals surface area (Å²) in [7, 11) is 1.34. The minimum absolute atomic E-state index is 0.388. The molecule has 0 aliphatic heterocycles. The van der Waals surface area contributed by atoms with E-state index in [0.29, 0.717) is 11.3 Å². The third kappa shape index (κ3) is 2.56. The molecule has 4 nitrogen and oxygen atoms in total. The standard InChI is InChI=1S/C9H12N2O2S/c1-13-9(12)6-3-7(10)5-8(4-6)11-14-2/h3-5,11H,10H2,1-2H3. The molecule has 0 unspecified atom stereocenters. The Labute approximate surface area is 86.9 Å². The predicted octanol–water partition coefficient (Wildman–Crippen LogP) is 1.75. The molecular formula is C9H12N2O2S. The van der Waals surface area contributed by atoms with Crippen LogP contribution in [0.3, 0.4) is 0 Å². The molecule has 5 heteroatoms. The van der Waals surface area contributed by atoms with Crippen LogP contribution in [0.15, 0.2) is 18.2 Å². The van der Waals surface area contributed by atoms with E-state index < -0.39 is 0 Å². The Morgan fingerprint density at radius 2 is 2.21 bits per heavy atom. The Bertz CT molecular complexity index is 342. The van der Waals surface area contributed by atoms with Gasteiger partial charge < -0.3 is 15.2 Å². The summed E-state index contributed by atoms with van der Waals surface area (Å²) in [6, 6.07) is 5.03. The van der Waals surface area contributed by atoms with Gasteiger partial charge in [-0.2, -0.15) is 0 Å². The smallest absolute Gasteiger partial charge is 0.337 e. The average molecular weight is 212 g/mol. The highest BCUT2D eigenvalue weighted by Crippen LogP contribution is 2.19. The second-order valence-corrected chi connectivity index (χ2v) is 3.25. The number of ether oxygens (including phenoxy) is 1. The van der Waals surface area contributed by atoms with Crippen molar-refractivity contribution >= 4 is 29.3 Å². The summed E-state index contributed by atoms with van der Waals surface area (Å²) in [6.45, 7) is 0. The number of nitrogen functional groups attached to an aromatic ring is 1. The second-order valence-electron chi connectivity index (χ2n) is 2.64. The van der Waals surface area contributed by atoms with E-state index in [4.69, 9.17) is 5.73 Å². The van der Waals surface area contributed by atoms with E-state index in [9.17, 15) is 4.79 Å². The fourth-order valence-electron chi connectivity index (χ4n) is 1.06. The lowest BCUT2D eigenvalue weighted by molar-refractivity contribution is 0.0601. The van der Waals surface area contributed by atoms with Crippen molar-refractivity contribution in [1.82, 2.24) is 0 Å². The van der Waals surface area contributed by atoms with E-state index in [-0.39, 0.29) is 5.97 Å². The van der Waals surface area contributed by atoms with Gasteiger partial charge in [0.15, 0.2) is 0 Å². The minimum Gasteiger partial charge on any atom is -0.465 e. The molecule has 1 aromatic carbocycles. The van der Waals surface area contributed by atoms with Crippen molar-refractivity contribution in [2.75, 3.05) is 23.8 Å². The molecule has 0 aromatic heterocycles. The summed E-state index contributed by atoms with van der Waals surface area (Å²) in [6.07, 6.45) is 1.89. The first-order valence-electron chi connectivity index (χ1n) is 3.95. The van der Waals surface area contributed by atoms with Crippen LogP contribution < -0.4 is 10.5 Å². The van der Waals surface area contributed by atoms with Crippen molar-refractivity contribution in [3.05, 3.63) is 23.8 Å². The van der Waals surface area contributed by atoms with Gasteiger partial charge in [-0.1, -0.05) is 11.9 Å². The van der Waals surface area contributed by atoms with Gasteiger partial charge in [0.2, 0.25) is 0 Å². The maximum absolute atomic E-state index is 11.2. The number of methoxy groups -OCH3 is 1. The zero-order valence-corrected chi connectivity index (χ0v) is 8.85. The molecule has 0 saturated carbocycles. The van der Waals surface area contributed by atoms with Crippen LogP contribution in [0.25, 0.3) is 0 Å². The molecule has 3 N–H and O–H groups in total. The number of hydrogen-bond donors (Lipinski definition) is 2. The second kappa shape index (κ2) is 4.76. The lowest BCUT2D eigenvalue weighted by Gasteiger charge is -2.06. The number of esters is 1. The first-order valence-corrected chi connectivity index (χ1v) is 5.17. The first kappa shape index (κ1) is 10.7. The van der Waals surface area contributed by atoms with Crippen LogP contribution in [0.2, 0.25) is 0 Å². The molecule has 0 saturated heterocycles. The van der Waals surface area contributed by atoms with Gasteiger partial charge in [0, 0.05) is 17.6 Å². The largest absolute Gasteiger partial charge is 0.465 e. The number of benzene rings is 1. The first-order chi connectivity index (χ1) is 6.67.